The molecule has 1 aromatic heterocycles. The van der Waals surface area contributed by atoms with Crippen molar-refractivity contribution in [3.63, 3.8) is 0 Å². The van der Waals surface area contributed by atoms with Crippen molar-refractivity contribution >= 4 is 40.2 Å². The minimum Gasteiger partial charge on any atom is -0.383 e. The fourth-order valence-electron chi connectivity index (χ4n) is 1.61. The summed E-state index contributed by atoms with van der Waals surface area (Å²) in [7, 11) is 1.64. The first kappa shape index (κ1) is 14.5. The topological polar surface area (TPSA) is 61.0 Å². The maximum absolute atomic E-state index is 5.93. The first-order valence-corrected chi connectivity index (χ1v) is 7.91. The Balaban J connectivity index is 2.43. The van der Waals surface area contributed by atoms with Crippen LogP contribution >= 0.6 is 34.4 Å². The van der Waals surface area contributed by atoms with E-state index >= 15 is 0 Å². The molecule has 0 saturated heterocycles. The van der Waals surface area contributed by atoms with Gasteiger partial charge >= 0.3 is 0 Å². The lowest BCUT2D eigenvalue weighted by atomic mass is 10.2. The molecule has 0 fully saturated rings. The molecule has 0 radical (unpaired) electrons. The molecule has 0 atom stereocenters. The molecule has 100 valence electrons. The van der Waals surface area contributed by atoms with Crippen molar-refractivity contribution in [2.45, 2.75) is 11.5 Å². The van der Waals surface area contributed by atoms with Crippen LogP contribution in [-0.4, -0.2) is 23.3 Å². The number of ether oxygens (including phenoxy) is 1. The Morgan fingerprint density at radius 2 is 1.95 bits per heavy atom. The molecule has 4 nitrogen and oxygen atoms in total. The summed E-state index contributed by atoms with van der Waals surface area (Å²) in [4.78, 5) is 10.1. The Morgan fingerprint density at radius 3 is 2.53 bits per heavy atom. The lowest BCUT2D eigenvalue weighted by Crippen LogP contribution is -2.05. The zero-order valence-electron chi connectivity index (χ0n) is 10.7. The van der Waals surface area contributed by atoms with Gasteiger partial charge in [0.25, 0.3) is 0 Å². The largest absolute Gasteiger partial charge is 0.383 e. The van der Waals surface area contributed by atoms with Gasteiger partial charge in [0, 0.05) is 17.6 Å². The third-order valence-corrected chi connectivity index (χ3v) is 4.49. The molecule has 1 aromatic carbocycles. The van der Waals surface area contributed by atoms with Crippen molar-refractivity contribution in [1.29, 1.82) is 0 Å². The second-order valence-corrected chi connectivity index (χ2v) is 5.81. The molecule has 2 N–H and O–H groups in total. The van der Waals surface area contributed by atoms with Gasteiger partial charge in [0.15, 0.2) is 5.82 Å². The normalized spacial score (nSPS) is 10.7. The van der Waals surface area contributed by atoms with Crippen molar-refractivity contribution in [3.05, 3.63) is 33.5 Å². The SMILES string of the molecule is COCc1nc(-c2ccc(SC)cc2)nc(N)c1I. The average Bonchev–Trinajstić information content (AvgIpc) is 2.44. The number of benzene rings is 1. The molecule has 2 rings (SSSR count). The summed E-state index contributed by atoms with van der Waals surface area (Å²) in [6, 6.07) is 8.11. The van der Waals surface area contributed by atoms with E-state index in [-0.39, 0.29) is 0 Å². The zero-order valence-corrected chi connectivity index (χ0v) is 13.7. The van der Waals surface area contributed by atoms with Gasteiger partial charge in [0.1, 0.15) is 5.82 Å². The van der Waals surface area contributed by atoms with Crippen molar-refractivity contribution < 1.29 is 4.74 Å². The van der Waals surface area contributed by atoms with Gasteiger partial charge < -0.3 is 10.5 Å². The van der Waals surface area contributed by atoms with Crippen LogP contribution in [0.3, 0.4) is 0 Å². The van der Waals surface area contributed by atoms with Crippen LogP contribution in [0, 0.1) is 3.57 Å². The highest BCUT2D eigenvalue weighted by molar-refractivity contribution is 14.1. The van der Waals surface area contributed by atoms with Crippen molar-refractivity contribution in [3.8, 4) is 11.4 Å². The lowest BCUT2D eigenvalue weighted by molar-refractivity contribution is 0.181. The number of hydrogen-bond acceptors (Lipinski definition) is 5. The number of methoxy groups -OCH3 is 1. The van der Waals surface area contributed by atoms with Crippen LogP contribution in [-0.2, 0) is 11.3 Å². The molecule has 0 aliphatic heterocycles. The zero-order chi connectivity index (χ0) is 13.8. The van der Waals surface area contributed by atoms with Gasteiger partial charge in [-0.2, -0.15) is 0 Å². The molecule has 0 amide bonds. The number of thioether (sulfide) groups is 1. The van der Waals surface area contributed by atoms with E-state index in [1.54, 1.807) is 18.9 Å². The third kappa shape index (κ3) is 3.37. The number of halogens is 1. The summed E-state index contributed by atoms with van der Waals surface area (Å²) < 4.78 is 5.99. The Labute approximate surface area is 130 Å². The molecule has 0 bridgehead atoms. The molecule has 1 heterocycles. The summed E-state index contributed by atoms with van der Waals surface area (Å²) in [5, 5.41) is 0. The maximum Gasteiger partial charge on any atom is 0.161 e. The fraction of sp³-hybridized carbons (Fsp3) is 0.231. The van der Waals surface area contributed by atoms with E-state index in [4.69, 9.17) is 10.5 Å². The molecular weight excluding hydrogens is 373 g/mol. The van der Waals surface area contributed by atoms with E-state index in [0.717, 1.165) is 14.8 Å². The van der Waals surface area contributed by atoms with Crippen LogP contribution in [0.1, 0.15) is 5.69 Å². The highest BCUT2D eigenvalue weighted by Crippen LogP contribution is 2.24. The number of nitrogens with two attached hydrogens (primary N) is 1. The van der Waals surface area contributed by atoms with E-state index in [1.807, 2.05) is 30.5 Å². The van der Waals surface area contributed by atoms with Gasteiger partial charge in [-0.05, 0) is 41.0 Å². The third-order valence-electron chi connectivity index (χ3n) is 2.57. The van der Waals surface area contributed by atoms with Crippen molar-refractivity contribution in [2.24, 2.45) is 0 Å². The Kier molecular flexibility index (Phi) is 5.00. The van der Waals surface area contributed by atoms with Crippen LogP contribution in [0.15, 0.2) is 29.2 Å². The van der Waals surface area contributed by atoms with E-state index in [9.17, 15) is 0 Å². The summed E-state index contributed by atoms with van der Waals surface area (Å²) in [5.74, 6) is 1.13. The smallest absolute Gasteiger partial charge is 0.161 e. The maximum atomic E-state index is 5.93. The van der Waals surface area contributed by atoms with Crippen LogP contribution in [0.4, 0.5) is 5.82 Å². The molecule has 0 spiro atoms. The highest BCUT2D eigenvalue weighted by atomic mass is 127. The standard InChI is InChI=1S/C13H14IN3OS/c1-18-7-10-11(14)12(15)17-13(16-10)8-3-5-9(19-2)6-4-8/h3-6H,7H2,1-2H3,(H2,15,16,17). The Morgan fingerprint density at radius 1 is 1.26 bits per heavy atom. The summed E-state index contributed by atoms with van der Waals surface area (Å²) >= 11 is 3.85. The van der Waals surface area contributed by atoms with Crippen LogP contribution < -0.4 is 5.73 Å². The number of nitrogen functional groups attached to an aromatic ring is 1. The van der Waals surface area contributed by atoms with Crippen LogP contribution in [0.2, 0.25) is 0 Å². The molecule has 0 aliphatic rings. The summed E-state index contributed by atoms with van der Waals surface area (Å²) in [5.41, 5.74) is 7.70. The summed E-state index contributed by atoms with van der Waals surface area (Å²) in [6.07, 6.45) is 2.05. The van der Waals surface area contributed by atoms with E-state index in [1.165, 1.54) is 4.90 Å². The van der Waals surface area contributed by atoms with E-state index < -0.39 is 0 Å². The van der Waals surface area contributed by atoms with Crippen LogP contribution in [0.5, 0.6) is 0 Å². The minimum absolute atomic E-state index is 0.431. The molecule has 0 aliphatic carbocycles. The van der Waals surface area contributed by atoms with Crippen molar-refractivity contribution in [2.75, 3.05) is 19.1 Å². The number of nitrogens with zero attached hydrogens (tertiary/aromatic N) is 2. The molecule has 6 heteroatoms. The quantitative estimate of drug-likeness (QED) is 0.645. The fourth-order valence-corrected chi connectivity index (χ4v) is 2.42. The molecule has 0 saturated carbocycles. The van der Waals surface area contributed by atoms with Gasteiger partial charge in [-0.3, -0.25) is 0 Å². The van der Waals surface area contributed by atoms with E-state index in [2.05, 4.69) is 32.6 Å². The van der Waals surface area contributed by atoms with Gasteiger partial charge in [0.2, 0.25) is 0 Å². The Bertz CT molecular complexity index is 575. The average molecular weight is 387 g/mol. The number of hydrogen-bond donors (Lipinski definition) is 1. The van der Waals surface area contributed by atoms with Crippen molar-refractivity contribution in [1.82, 2.24) is 9.97 Å². The predicted octanol–water partition coefficient (Wildman–Crippen LogP) is 3.20. The molecule has 19 heavy (non-hydrogen) atoms. The second kappa shape index (κ2) is 6.53. The number of rotatable bonds is 4. The second-order valence-electron chi connectivity index (χ2n) is 3.85. The Hall–Kier alpha value is -0.860. The van der Waals surface area contributed by atoms with Gasteiger partial charge in [-0.15, -0.1) is 11.8 Å². The van der Waals surface area contributed by atoms with Gasteiger partial charge in [-0.25, -0.2) is 9.97 Å². The number of aromatic nitrogens is 2. The minimum atomic E-state index is 0.431. The van der Waals surface area contributed by atoms with Gasteiger partial charge in [-0.1, -0.05) is 12.1 Å². The lowest BCUT2D eigenvalue weighted by Gasteiger charge is -2.08. The summed E-state index contributed by atoms with van der Waals surface area (Å²) in [6.45, 7) is 0.431. The van der Waals surface area contributed by atoms with Gasteiger partial charge in [0.05, 0.1) is 15.9 Å². The molecular formula is C13H14IN3OS. The predicted molar refractivity (Wildman–Crippen MR) is 87.1 cm³/mol. The van der Waals surface area contributed by atoms with E-state index in [0.29, 0.717) is 18.2 Å². The van der Waals surface area contributed by atoms with Crippen LogP contribution in [0.25, 0.3) is 11.4 Å². The monoisotopic (exact) mass is 387 g/mol. The first-order valence-electron chi connectivity index (χ1n) is 5.61. The molecule has 2 aromatic rings. The highest BCUT2D eigenvalue weighted by Gasteiger charge is 2.11. The number of anilines is 1. The molecule has 0 unspecified atom stereocenters. The first-order chi connectivity index (χ1) is 9.15.